The van der Waals surface area contributed by atoms with Gasteiger partial charge in [0.05, 0.1) is 0 Å². The standard InChI is InChI=1S/C5H10N2O3/c1-2(6)3-5(7,10-3)4(8)9/h2-3H,6-7H2,1H3,(H,8,9). The fraction of sp³-hybridized carbons (Fsp3) is 0.800. The molecule has 1 aliphatic heterocycles. The molecule has 3 atom stereocenters. The van der Waals surface area contributed by atoms with Gasteiger partial charge in [0.25, 0.3) is 0 Å². The van der Waals surface area contributed by atoms with E-state index in [1.54, 1.807) is 6.92 Å². The molecule has 0 aliphatic carbocycles. The smallest absolute Gasteiger partial charge is 0.354 e. The summed E-state index contributed by atoms with van der Waals surface area (Å²) in [6.45, 7) is 1.65. The molecule has 0 aromatic heterocycles. The van der Waals surface area contributed by atoms with Gasteiger partial charge in [0.2, 0.25) is 5.72 Å². The molecule has 10 heavy (non-hydrogen) atoms. The lowest BCUT2D eigenvalue weighted by Crippen LogP contribution is -2.41. The molecule has 3 unspecified atom stereocenters. The van der Waals surface area contributed by atoms with Crippen LogP contribution in [0.1, 0.15) is 6.92 Å². The maximum atomic E-state index is 10.3. The van der Waals surface area contributed by atoms with Crippen LogP contribution >= 0.6 is 0 Å². The molecule has 1 aliphatic rings. The second-order valence-electron chi connectivity index (χ2n) is 2.50. The first-order valence-electron chi connectivity index (χ1n) is 2.94. The van der Waals surface area contributed by atoms with Crippen molar-refractivity contribution in [1.29, 1.82) is 0 Å². The Morgan fingerprint density at radius 1 is 1.90 bits per heavy atom. The van der Waals surface area contributed by atoms with Crippen LogP contribution in [0.2, 0.25) is 0 Å². The third-order valence-electron chi connectivity index (χ3n) is 1.50. The topological polar surface area (TPSA) is 102 Å². The fourth-order valence-corrected chi connectivity index (χ4v) is 0.846. The van der Waals surface area contributed by atoms with Crippen molar-refractivity contribution in [2.75, 3.05) is 0 Å². The average Bonchev–Trinajstić information content (AvgIpc) is 2.43. The van der Waals surface area contributed by atoms with Crippen LogP contribution in [0.3, 0.4) is 0 Å². The highest BCUT2D eigenvalue weighted by atomic mass is 16.6. The predicted octanol–water partition coefficient (Wildman–Crippen LogP) is -1.53. The summed E-state index contributed by atoms with van der Waals surface area (Å²) in [6, 6.07) is -0.332. The van der Waals surface area contributed by atoms with Crippen molar-refractivity contribution in [3.63, 3.8) is 0 Å². The number of aliphatic carboxylic acids is 1. The lowest BCUT2D eigenvalue weighted by Gasteiger charge is -2.00. The number of carboxylic acid groups (broad SMARTS) is 1. The molecule has 1 heterocycles. The Morgan fingerprint density at radius 3 is 2.50 bits per heavy atom. The van der Waals surface area contributed by atoms with Crippen molar-refractivity contribution < 1.29 is 14.6 Å². The van der Waals surface area contributed by atoms with Crippen molar-refractivity contribution in [1.82, 2.24) is 0 Å². The molecule has 1 rings (SSSR count). The molecule has 5 N–H and O–H groups in total. The molecule has 58 valence electrons. The Bertz CT molecular complexity index is 170. The monoisotopic (exact) mass is 146 g/mol. The third-order valence-corrected chi connectivity index (χ3v) is 1.50. The molecule has 0 aromatic carbocycles. The van der Waals surface area contributed by atoms with Gasteiger partial charge in [-0.05, 0) is 6.92 Å². The quantitative estimate of drug-likeness (QED) is 0.410. The Morgan fingerprint density at radius 2 is 2.40 bits per heavy atom. The lowest BCUT2D eigenvalue weighted by molar-refractivity contribution is -0.143. The van der Waals surface area contributed by atoms with Gasteiger partial charge >= 0.3 is 5.97 Å². The summed E-state index contributed by atoms with van der Waals surface area (Å²) in [5.74, 6) is -1.16. The number of carboxylic acids is 1. The SMILES string of the molecule is CC(N)C1OC1(N)C(=O)O. The van der Waals surface area contributed by atoms with E-state index in [2.05, 4.69) is 4.74 Å². The van der Waals surface area contributed by atoms with Gasteiger partial charge in [-0.3, -0.25) is 5.73 Å². The van der Waals surface area contributed by atoms with E-state index in [0.29, 0.717) is 0 Å². The van der Waals surface area contributed by atoms with E-state index < -0.39 is 17.8 Å². The Hall–Kier alpha value is -0.650. The van der Waals surface area contributed by atoms with E-state index in [9.17, 15) is 4.79 Å². The van der Waals surface area contributed by atoms with Crippen LogP contribution in [0.5, 0.6) is 0 Å². The highest BCUT2D eigenvalue weighted by molar-refractivity contribution is 5.80. The minimum atomic E-state index is -1.52. The summed E-state index contributed by atoms with van der Waals surface area (Å²) in [5.41, 5.74) is 9.06. The van der Waals surface area contributed by atoms with Crippen LogP contribution in [0.15, 0.2) is 0 Å². The molecule has 0 spiro atoms. The lowest BCUT2D eigenvalue weighted by atomic mass is 10.1. The number of nitrogens with two attached hydrogens (primary N) is 2. The number of rotatable bonds is 2. The van der Waals surface area contributed by atoms with E-state index in [0.717, 1.165) is 0 Å². The molecule has 1 saturated heterocycles. The minimum absolute atomic E-state index is 0.332. The van der Waals surface area contributed by atoms with Gasteiger partial charge in [-0.1, -0.05) is 0 Å². The van der Waals surface area contributed by atoms with Gasteiger partial charge in [0.1, 0.15) is 6.10 Å². The average molecular weight is 146 g/mol. The normalized spacial score (nSPS) is 40.9. The van der Waals surface area contributed by atoms with Gasteiger partial charge in [-0.15, -0.1) is 0 Å². The second-order valence-corrected chi connectivity index (χ2v) is 2.50. The van der Waals surface area contributed by atoms with E-state index in [1.165, 1.54) is 0 Å². The van der Waals surface area contributed by atoms with Gasteiger partial charge in [0, 0.05) is 6.04 Å². The molecule has 5 heteroatoms. The van der Waals surface area contributed by atoms with Gasteiger partial charge in [-0.25, -0.2) is 4.79 Å². The van der Waals surface area contributed by atoms with E-state index in [4.69, 9.17) is 16.6 Å². The zero-order valence-electron chi connectivity index (χ0n) is 5.57. The fourth-order valence-electron chi connectivity index (χ4n) is 0.846. The highest BCUT2D eigenvalue weighted by Crippen LogP contribution is 2.32. The van der Waals surface area contributed by atoms with Crippen LogP contribution in [-0.2, 0) is 9.53 Å². The van der Waals surface area contributed by atoms with Crippen LogP contribution < -0.4 is 11.5 Å². The Labute approximate surface area is 57.9 Å². The van der Waals surface area contributed by atoms with Gasteiger partial charge in [-0.2, -0.15) is 0 Å². The maximum absolute atomic E-state index is 10.3. The minimum Gasteiger partial charge on any atom is -0.478 e. The Balaban J connectivity index is 2.56. The first-order valence-corrected chi connectivity index (χ1v) is 2.94. The summed E-state index contributed by atoms with van der Waals surface area (Å²) >= 11 is 0. The first kappa shape index (κ1) is 7.46. The van der Waals surface area contributed by atoms with E-state index in [-0.39, 0.29) is 6.04 Å². The molecule has 0 radical (unpaired) electrons. The highest BCUT2D eigenvalue weighted by Gasteiger charge is 2.62. The zero-order valence-corrected chi connectivity index (χ0v) is 5.57. The number of carbonyl (C=O) groups is 1. The summed E-state index contributed by atoms with van der Waals surface area (Å²) in [4.78, 5) is 10.3. The van der Waals surface area contributed by atoms with Crippen molar-refractivity contribution in [3.8, 4) is 0 Å². The predicted molar refractivity (Wildman–Crippen MR) is 33.1 cm³/mol. The molecule has 5 nitrogen and oxygen atoms in total. The first-order chi connectivity index (χ1) is 4.48. The van der Waals surface area contributed by atoms with Crippen LogP contribution in [0.25, 0.3) is 0 Å². The van der Waals surface area contributed by atoms with Crippen molar-refractivity contribution in [2.24, 2.45) is 11.5 Å². The molecular formula is C5H10N2O3. The summed E-state index contributed by atoms with van der Waals surface area (Å²) in [7, 11) is 0. The molecule has 0 bridgehead atoms. The summed E-state index contributed by atoms with van der Waals surface area (Å²) in [5, 5.41) is 8.43. The van der Waals surface area contributed by atoms with Gasteiger partial charge in [0.15, 0.2) is 0 Å². The second kappa shape index (κ2) is 1.91. The Kier molecular flexibility index (Phi) is 1.43. The van der Waals surface area contributed by atoms with E-state index >= 15 is 0 Å². The molecule has 0 saturated carbocycles. The summed E-state index contributed by atoms with van der Waals surface area (Å²) in [6.07, 6.45) is -0.537. The number of hydrogen-bond donors (Lipinski definition) is 3. The van der Waals surface area contributed by atoms with Crippen LogP contribution in [-0.4, -0.2) is 28.9 Å². The molecular weight excluding hydrogens is 136 g/mol. The third kappa shape index (κ3) is 0.880. The van der Waals surface area contributed by atoms with Gasteiger partial charge < -0.3 is 15.6 Å². The van der Waals surface area contributed by atoms with Crippen LogP contribution in [0.4, 0.5) is 0 Å². The molecule has 0 aromatic rings. The number of ether oxygens (including phenoxy) is 1. The van der Waals surface area contributed by atoms with Crippen molar-refractivity contribution in [3.05, 3.63) is 0 Å². The molecule has 0 amide bonds. The van der Waals surface area contributed by atoms with Crippen molar-refractivity contribution >= 4 is 5.97 Å². The van der Waals surface area contributed by atoms with Crippen LogP contribution in [0, 0.1) is 0 Å². The zero-order chi connectivity index (χ0) is 7.94. The maximum Gasteiger partial charge on any atom is 0.354 e. The summed E-state index contributed by atoms with van der Waals surface area (Å²) < 4.78 is 4.68. The van der Waals surface area contributed by atoms with Crippen molar-refractivity contribution in [2.45, 2.75) is 24.8 Å². The molecule has 1 fully saturated rings. The number of hydrogen-bond acceptors (Lipinski definition) is 4. The number of epoxide rings is 1. The largest absolute Gasteiger partial charge is 0.478 e. The van der Waals surface area contributed by atoms with E-state index in [1.807, 2.05) is 0 Å².